The van der Waals surface area contributed by atoms with Crippen molar-refractivity contribution in [2.45, 2.75) is 57.0 Å². The number of hydrazine groups is 1. The predicted molar refractivity (Wildman–Crippen MR) is 133 cm³/mol. The molecule has 3 fully saturated rings. The fourth-order valence-corrected chi connectivity index (χ4v) is 6.14. The van der Waals surface area contributed by atoms with Gasteiger partial charge >= 0.3 is 0 Å². The normalized spacial score (nSPS) is 23.3. The van der Waals surface area contributed by atoms with E-state index in [1.54, 1.807) is 18.5 Å². The van der Waals surface area contributed by atoms with E-state index >= 15 is 0 Å². The molecule has 4 N–H and O–H groups in total. The molecule has 2 bridgehead atoms. The highest BCUT2D eigenvalue weighted by Crippen LogP contribution is 2.44. The molecule has 0 spiro atoms. The van der Waals surface area contributed by atoms with Crippen molar-refractivity contribution in [1.82, 2.24) is 29.9 Å². The van der Waals surface area contributed by atoms with E-state index < -0.39 is 6.61 Å². The maximum Gasteiger partial charge on any atom is 0.248 e. The number of aliphatic hydroxyl groups is 1. The first-order valence-corrected chi connectivity index (χ1v) is 12.5. The van der Waals surface area contributed by atoms with Crippen molar-refractivity contribution >= 4 is 34.9 Å². The summed E-state index contributed by atoms with van der Waals surface area (Å²) in [4.78, 5) is 48.3. The standard InChI is InChI=1S/C25H28N8O4/c1-13(35)22-23(15-8-16-3-4-17(9-15)31(16)21(37)12-34)30-25-18(11-29-33(25)24(22)26)14-2-5-19(27-10-14)32-20(36)6-7-28-32/h2,5,10-11,15-17,28,34H,3-4,6-9,12,26H2,1H3. The Kier molecular flexibility index (Phi) is 5.64. The molecule has 2 atom stereocenters. The van der Waals surface area contributed by atoms with Gasteiger partial charge in [-0.05, 0) is 44.7 Å². The molecule has 37 heavy (non-hydrogen) atoms. The lowest BCUT2D eigenvalue weighted by Crippen LogP contribution is -2.47. The Bertz CT molecular complexity index is 1400. The lowest BCUT2D eigenvalue weighted by Gasteiger charge is -2.39. The minimum atomic E-state index is -0.498. The molecule has 3 saturated heterocycles. The largest absolute Gasteiger partial charge is 0.387 e. The molecule has 3 aliphatic rings. The van der Waals surface area contributed by atoms with Gasteiger partial charge in [0.2, 0.25) is 11.8 Å². The number of nitrogen functional groups attached to an aromatic ring is 1. The summed E-state index contributed by atoms with van der Waals surface area (Å²) in [5.41, 5.74) is 12.5. The summed E-state index contributed by atoms with van der Waals surface area (Å²) in [6, 6.07) is 3.62. The third kappa shape index (κ3) is 3.75. The highest BCUT2D eigenvalue weighted by molar-refractivity contribution is 6.00. The van der Waals surface area contributed by atoms with Crippen LogP contribution in [0.25, 0.3) is 16.8 Å². The van der Waals surface area contributed by atoms with Crippen LogP contribution in [0.1, 0.15) is 61.0 Å². The molecule has 0 aliphatic carbocycles. The zero-order chi connectivity index (χ0) is 25.8. The molecule has 0 aromatic carbocycles. The van der Waals surface area contributed by atoms with Gasteiger partial charge in [0.25, 0.3) is 0 Å². The molecule has 12 nitrogen and oxygen atoms in total. The number of nitrogens with two attached hydrogens (primary N) is 1. The second-order valence-corrected chi connectivity index (χ2v) is 9.91. The van der Waals surface area contributed by atoms with Crippen LogP contribution in [0.15, 0.2) is 24.5 Å². The quantitative estimate of drug-likeness (QED) is 0.432. The van der Waals surface area contributed by atoms with Crippen molar-refractivity contribution in [3.05, 3.63) is 35.8 Å². The number of ketones is 1. The van der Waals surface area contributed by atoms with Crippen molar-refractivity contribution in [2.75, 3.05) is 23.9 Å². The molecule has 3 aromatic rings. The van der Waals surface area contributed by atoms with E-state index in [4.69, 9.17) is 10.7 Å². The van der Waals surface area contributed by atoms with Crippen LogP contribution in [0.2, 0.25) is 0 Å². The molecule has 3 aromatic heterocycles. The van der Waals surface area contributed by atoms with Crippen molar-refractivity contribution in [3.8, 4) is 11.1 Å². The number of carbonyl (C=O) groups excluding carboxylic acids is 3. The third-order valence-corrected chi connectivity index (χ3v) is 7.75. The number of rotatable bonds is 5. The van der Waals surface area contributed by atoms with Gasteiger partial charge in [0.05, 0.1) is 17.5 Å². The van der Waals surface area contributed by atoms with Gasteiger partial charge < -0.3 is 15.7 Å². The van der Waals surface area contributed by atoms with E-state index in [0.717, 1.165) is 18.4 Å². The van der Waals surface area contributed by atoms with Gasteiger partial charge in [0.15, 0.2) is 11.4 Å². The number of piperidine rings is 1. The Morgan fingerprint density at radius 1 is 1.19 bits per heavy atom. The third-order valence-electron chi connectivity index (χ3n) is 7.75. The maximum absolute atomic E-state index is 12.7. The molecular formula is C25H28N8O4. The van der Waals surface area contributed by atoms with Gasteiger partial charge in [0, 0.05) is 48.3 Å². The maximum atomic E-state index is 12.7. The number of pyridine rings is 1. The van der Waals surface area contributed by atoms with E-state index in [1.165, 1.54) is 16.4 Å². The van der Waals surface area contributed by atoms with Crippen molar-refractivity contribution < 1.29 is 19.5 Å². The SMILES string of the molecule is CC(=O)c1c(C2CC3CCC(C2)N3C(=O)CO)nc2c(-c3ccc(N4NCCC4=O)nc3)cnn2c1N. The fourth-order valence-electron chi connectivity index (χ4n) is 6.14. The molecule has 3 aliphatic heterocycles. The Labute approximate surface area is 212 Å². The van der Waals surface area contributed by atoms with E-state index in [9.17, 15) is 19.5 Å². The molecule has 2 amide bonds. The zero-order valence-electron chi connectivity index (χ0n) is 20.4. The average molecular weight is 505 g/mol. The first kappa shape index (κ1) is 23.5. The molecule has 0 radical (unpaired) electrons. The number of carbonyl (C=O) groups is 3. The Morgan fingerprint density at radius 2 is 1.95 bits per heavy atom. The molecule has 12 heteroatoms. The fraction of sp³-hybridized carbons (Fsp3) is 0.440. The summed E-state index contributed by atoms with van der Waals surface area (Å²) in [5.74, 6) is 0.218. The van der Waals surface area contributed by atoms with Crippen LogP contribution < -0.4 is 16.2 Å². The van der Waals surface area contributed by atoms with E-state index in [-0.39, 0.29) is 41.4 Å². The number of fused-ring (bicyclic) bond motifs is 3. The topological polar surface area (TPSA) is 159 Å². The molecule has 192 valence electrons. The number of hydrogen-bond donors (Lipinski definition) is 3. The molecule has 6 heterocycles. The summed E-state index contributed by atoms with van der Waals surface area (Å²) in [6.07, 6.45) is 6.78. The van der Waals surface area contributed by atoms with Gasteiger partial charge in [-0.3, -0.25) is 14.4 Å². The summed E-state index contributed by atoms with van der Waals surface area (Å²) >= 11 is 0. The van der Waals surface area contributed by atoms with E-state index in [1.807, 2.05) is 11.0 Å². The number of nitrogens with one attached hydrogen (secondary N) is 1. The van der Waals surface area contributed by atoms with E-state index in [0.29, 0.717) is 54.1 Å². The number of hydrogen-bond acceptors (Lipinski definition) is 9. The predicted octanol–water partition coefficient (Wildman–Crippen LogP) is 1.05. The molecular weight excluding hydrogens is 476 g/mol. The van der Waals surface area contributed by atoms with Gasteiger partial charge in [-0.1, -0.05) is 0 Å². The smallest absolute Gasteiger partial charge is 0.248 e. The first-order valence-electron chi connectivity index (χ1n) is 12.5. The van der Waals surface area contributed by atoms with Gasteiger partial charge in [-0.15, -0.1) is 0 Å². The van der Waals surface area contributed by atoms with Crippen molar-refractivity contribution in [3.63, 3.8) is 0 Å². The van der Waals surface area contributed by atoms with E-state index in [2.05, 4.69) is 15.5 Å². The second kappa shape index (κ2) is 8.89. The number of anilines is 2. The van der Waals surface area contributed by atoms with Gasteiger partial charge in [-0.2, -0.15) is 9.61 Å². The number of Topliss-reactive ketones (excluding diaryl/α,β-unsaturated/α-hetero) is 1. The second-order valence-electron chi connectivity index (χ2n) is 9.91. The first-order chi connectivity index (χ1) is 17.9. The summed E-state index contributed by atoms with van der Waals surface area (Å²) in [5, 5.41) is 15.3. The van der Waals surface area contributed by atoms with Gasteiger partial charge in [-0.25, -0.2) is 20.4 Å². The molecule has 6 rings (SSSR count). The lowest BCUT2D eigenvalue weighted by atomic mass is 9.85. The van der Waals surface area contributed by atoms with Crippen LogP contribution in [-0.4, -0.2) is 72.4 Å². The Balaban J connectivity index is 1.39. The zero-order valence-corrected chi connectivity index (χ0v) is 20.4. The summed E-state index contributed by atoms with van der Waals surface area (Å²) in [6.45, 7) is 1.56. The van der Waals surface area contributed by atoms with Crippen LogP contribution >= 0.6 is 0 Å². The number of aromatic nitrogens is 4. The van der Waals surface area contributed by atoms with Crippen LogP contribution in [0.5, 0.6) is 0 Å². The van der Waals surface area contributed by atoms with Crippen molar-refractivity contribution in [2.24, 2.45) is 0 Å². The van der Waals surface area contributed by atoms with Crippen molar-refractivity contribution in [1.29, 1.82) is 0 Å². The van der Waals surface area contributed by atoms with Crippen LogP contribution in [-0.2, 0) is 9.59 Å². The Hall–Kier alpha value is -3.90. The monoisotopic (exact) mass is 504 g/mol. The number of amides is 2. The minimum absolute atomic E-state index is 0.00509. The van der Waals surface area contributed by atoms with Crippen LogP contribution in [0.3, 0.4) is 0 Å². The average Bonchev–Trinajstić information content (AvgIpc) is 3.59. The molecule has 0 saturated carbocycles. The number of nitrogens with zero attached hydrogens (tertiary/aromatic N) is 6. The van der Waals surface area contributed by atoms with Gasteiger partial charge in [0.1, 0.15) is 18.2 Å². The van der Waals surface area contributed by atoms with Crippen LogP contribution in [0.4, 0.5) is 11.6 Å². The number of aliphatic hydroxyl groups excluding tert-OH is 1. The minimum Gasteiger partial charge on any atom is -0.387 e. The Morgan fingerprint density at radius 3 is 2.54 bits per heavy atom. The summed E-state index contributed by atoms with van der Waals surface area (Å²) < 4.78 is 1.48. The lowest BCUT2D eigenvalue weighted by molar-refractivity contribution is -0.138. The highest BCUT2D eigenvalue weighted by Gasteiger charge is 2.44. The summed E-state index contributed by atoms with van der Waals surface area (Å²) in [7, 11) is 0. The highest BCUT2D eigenvalue weighted by atomic mass is 16.3. The molecule has 2 unspecified atom stereocenters. The van der Waals surface area contributed by atoms with Crippen LogP contribution in [0, 0.1) is 0 Å².